The molecule has 0 aliphatic carbocycles. The van der Waals surface area contributed by atoms with Crippen molar-refractivity contribution in [2.75, 3.05) is 26.2 Å². The van der Waals surface area contributed by atoms with Gasteiger partial charge in [0.05, 0.1) is 6.54 Å². The number of rotatable bonds is 9. The predicted molar refractivity (Wildman–Crippen MR) is 117 cm³/mol. The number of alkyl halides is 2. The zero-order chi connectivity index (χ0) is 19.6. The van der Waals surface area contributed by atoms with Crippen molar-refractivity contribution in [3.63, 3.8) is 0 Å². The first-order valence-electron chi connectivity index (χ1n) is 9.02. The van der Waals surface area contributed by atoms with Gasteiger partial charge in [-0.1, -0.05) is 11.6 Å². The van der Waals surface area contributed by atoms with Crippen molar-refractivity contribution in [2.45, 2.75) is 39.3 Å². The third-order valence-corrected chi connectivity index (χ3v) is 4.29. The lowest BCUT2D eigenvalue weighted by Crippen LogP contribution is -2.39. The summed E-state index contributed by atoms with van der Waals surface area (Å²) in [6.07, 6.45) is 2.37. The van der Waals surface area contributed by atoms with E-state index >= 15 is 0 Å². The highest BCUT2D eigenvalue weighted by molar-refractivity contribution is 14.0. The van der Waals surface area contributed by atoms with Gasteiger partial charge in [0.1, 0.15) is 5.75 Å². The molecule has 1 amide bonds. The number of nitrogens with one attached hydrogen (secondary N) is 2. The highest BCUT2D eigenvalue weighted by Gasteiger charge is 2.19. The van der Waals surface area contributed by atoms with Gasteiger partial charge in [-0.15, -0.1) is 24.0 Å². The van der Waals surface area contributed by atoms with Gasteiger partial charge < -0.3 is 20.3 Å². The van der Waals surface area contributed by atoms with Gasteiger partial charge in [-0.3, -0.25) is 4.79 Å². The van der Waals surface area contributed by atoms with Crippen molar-refractivity contribution in [3.8, 4) is 5.75 Å². The Morgan fingerprint density at radius 1 is 1.39 bits per heavy atom. The van der Waals surface area contributed by atoms with E-state index in [-0.39, 0.29) is 42.2 Å². The quantitative estimate of drug-likeness (QED) is 0.222. The second kappa shape index (κ2) is 13.0. The Hall–Kier alpha value is -1.36. The molecule has 1 aromatic carbocycles. The summed E-state index contributed by atoms with van der Waals surface area (Å²) in [6, 6.07) is 4.47. The Kier molecular flexibility index (Phi) is 11.4. The molecule has 0 aromatic heterocycles. The summed E-state index contributed by atoms with van der Waals surface area (Å²) < 4.78 is 29.6. The predicted octanol–water partition coefficient (Wildman–Crippen LogP) is 3.63. The molecule has 10 heteroatoms. The lowest BCUT2D eigenvalue weighted by molar-refractivity contribution is -0.127. The highest BCUT2D eigenvalue weighted by Crippen LogP contribution is 2.25. The summed E-state index contributed by atoms with van der Waals surface area (Å²) in [5.41, 5.74) is 0.475. The van der Waals surface area contributed by atoms with Crippen molar-refractivity contribution in [1.29, 1.82) is 0 Å². The molecule has 1 heterocycles. The standard InChI is InChI=1S/C18H25ClF2N4O2.HI/c1-2-22-18(23-8-4-10-25-9-3-5-16(25)26)24-12-13-11-14(19)6-7-15(13)27-17(20)21;/h6-7,11,17H,2-5,8-10,12H2,1H3,(H2,22,23,24);1H. The van der Waals surface area contributed by atoms with Crippen LogP contribution in [-0.4, -0.2) is 49.6 Å². The van der Waals surface area contributed by atoms with E-state index in [1.54, 1.807) is 6.07 Å². The fourth-order valence-corrected chi connectivity index (χ4v) is 3.00. The number of likely N-dealkylation sites (tertiary alicyclic amines) is 1. The first kappa shape index (κ1) is 24.7. The molecule has 6 nitrogen and oxygen atoms in total. The number of carbonyl (C=O) groups is 1. The van der Waals surface area contributed by atoms with Crippen LogP contribution in [0.3, 0.4) is 0 Å². The fourth-order valence-electron chi connectivity index (χ4n) is 2.81. The third kappa shape index (κ3) is 8.34. The van der Waals surface area contributed by atoms with Gasteiger partial charge in [0.25, 0.3) is 0 Å². The molecule has 1 aliphatic rings. The van der Waals surface area contributed by atoms with Crippen molar-refractivity contribution in [2.24, 2.45) is 4.99 Å². The van der Waals surface area contributed by atoms with Crippen molar-refractivity contribution in [1.82, 2.24) is 15.5 Å². The number of nitrogens with zero attached hydrogens (tertiary/aromatic N) is 2. The first-order valence-corrected chi connectivity index (χ1v) is 9.40. The van der Waals surface area contributed by atoms with E-state index in [1.165, 1.54) is 12.1 Å². The maximum atomic E-state index is 12.5. The molecule has 2 rings (SSSR count). The molecule has 1 saturated heterocycles. The second-order valence-electron chi connectivity index (χ2n) is 6.09. The molecule has 0 bridgehead atoms. The lowest BCUT2D eigenvalue weighted by atomic mass is 10.2. The Morgan fingerprint density at radius 2 is 2.18 bits per heavy atom. The van der Waals surface area contributed by atoms with Crippen molar-refractivity contribution in [3.05, 3.63) is 28.8 Å². The van der Waals surface area contributed by atoms with Gasteiger partial charge in [-0.25, -0.2) is 4.99 Å². The SMILES string of the molecule is CCNC(=NCc1cc(Cl)ccc1OC(F)F)NCCCN1CCCC1=O.I. The van der Waals surface area contributed by atoms with E-state index < -0.39 is 6.61 Å². The Morgan fingerprint density at radius 3 is 2.82 bits per heavy atom. The average molecular weight is 531 g/mol. The van der Waals surface area contributed by atoms with E-state index in [1.807, 2.05) is 11.8 Å². The van der Waals surface area contributed by atoms with Crippen LogP contribution in [0, 0.1) is 0 Å². The summed E-state index contributed by atoms with van der Waals surface area (Å²) >= 11 is 5.95. The average Bonchev–Trinajstić information content (AvgIpc) is 3.03. The molecule has 158 valence electrons. The molecule has 1 aliphatic heterocycles. The first-order chi connectivity index (χ1) is 13.0. The van der Waals surface area contributed by atoms with E-state index in [0.717, 1.165) is 19.4 Å². The van der Waals surface area contributed by atoms with Crippen LogP contribution in [0.2, 0.25) is 5.02 Å². The zero-order valence-electron chi connectivity index (χ0n) is 15.7. The molecule has 0 spiro atoms. The minimum absolute atomic E-state index is 0. The number of hydrogen-bond donors (Lipinski definition) is 2. The fraction of sp³-hybridized carbons (Fsp3) is 0.556. The van der Waals surface area contributed by atoms with Crippen LogP contribution in [0.25, 0.3) is 0 Å². The number of aliphatic imine (C=N–C) groups is 1. The van der Waals surface area contributed by atoms with Crippen molar-refractivity contribution < 1.29 is 18.3 Å². The Labute approximate surface area is 186 Å². The summed E-state index contributed by atoms with van der Waals surface area (Å²) in [7, 11) is 0. The maximum Gasteiger partial charge on any atom is 0.387 e. The minimum Gasteiger partial charge on any atom is -0.434 e. The molecular formula is C18H26ClF2IN4O2. The summed E-state index contributed by atoms with van der Waals surface area (Å²) in [5, 5.41) is 6.71. The van der Waals surface area contributed by atoms with Crippen LogP contribution in [0.5, 0.6) is 5.75 Å². The third-order valence-electron chi connectivity index (χ3n) is 4.06. The smallest absolute Gasteiger partial charge is 0.387 e. The van der Waals surface area contributed by atoms with Gasteiger partial charge >= 0.3 is 6.61 Å². The molecule has 2 N–H and O–H groups in total. The van der Waals surface area contributed by atoms with E-state index in [4.69, 9.17) is 11.6 Å². The molecule has 1 aromatic rings. The van der Waals surface area contributed by atoms with E-state index in [9.17, 15) is 13.6 Å². The number of benzene rings is 1. The van der Waals surface area contributed by atoms with Crippen LogP contribution in [-0.2, 0) is 11.3 Å². The van der Waals surface area contributed by atoms with Crippen LogP contribution < -0.4 is 15.4 Å². The normalized spacial score (nSPS) is 14.2. The molecule has 28 heavy (non-hydrogen) atoms. The monoisotopic (exact) mass is 530 g/mol. The van der Waals surface area contributed by atoms with Crippen LogP contribution >= 0.6 is 35.6 Å². The number of halogens is 4. The van der Waals surface area contributed by atoms with Crippen LogP contribution in [0.4, 0.5) is 8.78 Å². The molecule has 0 unspecified atom stereocenters. The lowest BCUT2D eigenvalue weighted by Gasteiger charge is -2.16. The minimum atomic E-state index is -2.91. The number of ether oxygens (including phenoxy) is 1. The summed E-state index contributed by atoms with van der Waals surface area (Å²) in [4.78, 5) is 17.9. The number of carbonyl (C=O) groups excluding carboxylic acids is 1. The van der Waals surface area contributed by atoms with Crippen LogP contribution in [0.15, 0.2) is 23.2 Å². The molecule has 0 atom stereocenters. The van der Waals surface area contributed by atoms with E-state index in [2.05, 4.69) is 20.4 Å². The topological polar surface area (TPSA) is 66.0 Å². The molecule has 0 saturated carbocycles. The number of amides is 1. The second-order valence-corrected chi connectivity index (χ2v) is 6.53. The Balaban J connectivity index is 0.00000392. The Bertz CT molecular complexity index is 664. The van der Waals surface area contributed by atoms with E-state index in [0.29, 0.717) is 42.6 Å². The largest absolute Gasteiger partial charge is 0.434 e. The molecule has 1 fully saturated rings. The molecular weight excluding hydrogens is 505 g/mol. The number of hydrogen-bond acceptors (Lipinski definition) is 3. The van der Waals surface area contributed by atoms with Gasteiger partial charge in [-0.2, -0.15) is 8.78 Å². The maximum absolute atomic E-state index is 12.5. The summed E-state index contributed by atoms with van der Waals surface area (Å²) in [5.74, 6) is 0.831. The molecule has 0 radical (unpaired) electrons. The zero-order valence-corrected chi connectivity index (χ0v) is 18.8. The van der Waals surface area contributed by atoms with Crippen LogP contribution in [0.1, 0.15) is 31.7 Å². The summed E-state index contributed by atoms with van der Waals surface area (Å²) in [6.45, 7) is 2.01. The van der Waals surface area contributed by atoms with Gasteiger partial charge in [0.2, 0.25) is 5.91 Å². The highest BCUT2D eigenvalue weighted by atomic mass is 127. The van der Waals surface area contributed by atoms with Gasteiger partial charge in [0, 0.05) is 43.2 Å². The van der Waals surface area contributed by atoms with Gasteiger partial charge in [-0.05, 0) is 38.0 Å². The number of guanidine groups is 1. The van der Waals surface area contributed by atoms with Gasteiger partial charge in [0.15, 0.2) is 5.96 Å². The van der Waals surface area contributed by atoms with Crippen molar-refractivity contribution >= 4 is 47.4 Å².